The fourth-order valence-corrected chi connectivity index (χ4v) is 3.91. The molecule has 136 valence electrons. The number of nitrogens with one attached hydrogen (secondary N) is 2. The van der Waals surface area contributed by atoms with E-state index in [9.17, 15) is 9.59 Å². The van der Waals surface area contributed by atoms with Crippen LogP contribution in [0.3, 0.4) is 0 Å². The fraction of sp³-hybridized carbons (Fsp3) is 0.579. The van der Waals surface area contributed by atoms with Crippen molar-refractivity contribution in [2.75, 3.05) is 23.3 Å². The van der Waals surface area contributed by atoms with Gasteiger partial charge in [0.1, 0.15) is 0 Å². The fourth-order valence-electron chi connectivity index (χ4n) is 3.91. The lowest BCUT2D eigenvalue weighted by atomic mass is 9.84. The minimum atomic E-state index is -0.322. The molecule has 2 fully saturated rings. The Morgan fingerprint density at radius 1 is 1.04 bits per heavy atom. The lowest BCUT2D eigenvalue weighted by Crippen LogP contribution is -2.48. The van der Waals surface area contributed by atoms with Gasteiger partial charge < -0.3 is 21.3 Å². The lowest BCUT2D eigenvalue weighted by Gasteiger charge is -2.30. The Bertz CT molecular complexity index is 613. The second-order valence-electron chi connectivity index (χ2n) is 7.10. The van der Waals surface area contributed by atoms with E-state index in [0.717, 1.165) is 50.1 Å². The Morgan fingerprint density at radius 2 is 1.80 bits per heavy atom. The zero-order chi connectivity index (χ0) is 17.6. The Hall–Kier alpha value is -2.24. The van der Waals surface area contributed by atoms with Crippen molar-refractivity contribution in [3.8, 4) is 0 Å². The van der Waals surface area contributed by atoms with Crippen LogP contribution in [0.5, 0.6) is 0 Å². The smallest absolute Gasteiger partial charge is 0.319 e. The van der Waals surface area contributed by atoms with Crippen molar-refractivity contribution >= 4 is 23.3 Å². The van der Waals surface area contributed by atoms with E-state index in [0.29, 0.717) is 0 Å². The molecule has 0 aromatic heterocycles. The number of urea groups is 1. The number of anilines is 2. The molecule has 1 saturated carbocycles. The largest absolute Gasteiger partial charge is 0.371 e. The third kappa shape index (κ3) is 4.65. The first-order valence-corrected chi connectivity index (χ1v) is 9.35. The van der Waals surface area contributed by atoms with Crippen molar-refractivity contribution in [2.24, 2.45) is 11.7 Å². The predicted molar refractivity (Wildman–Crippen MR) is 99.6 cm³/mol. The van der Waals surface area contributed by atoms with Gasteiger partial charge in [0.25, 0.3) is 0 Å². The van der Waals surface area contributed by atoms with Crippen molar-refractivity contribution in [3.05, 3.63) is 24.3 Å². The summed E-state index contributed by atoms with van der Waals surface area (Å²) in [4.78, 5) is 26.3. The molecule has 6 nitrogen and oxygen atoms in total. The molecule has 1 saturated heterocycles. The summed E-state index contributed by atoms with van der Waals surface area (Å²) in [6.45, 7) is 2.13. The Morgan fingerprint density at radius 3 is 2.56 bits per heavy atom. The number of nitrogens with two attached hydrogens (primary N) is 1. The van der Waals surface area contributed by atoms with Gasteiger partial charge in [0.15, 0.2) is 0 Å². The second kappa shape index (κ2) is 8.23. The number of rotatable bonds is 4. The van der Waals surface area contributed by atoms with Crippen molar-refractivity contribution < 1.29 is 9.59 Å². The number of hydrogen-bond donors (Lipinski definition) is 3. The van der Waals surface area contributed by atoms with E-state index < -0.39 is 0 Å². The summed E-state index contributed by atoms with van der Waals surface area (Å²) in [5.74, 6) is -0.587. The minimum absolute atomic E-state index is 0.170. The van der Waals surface area contributed by atoms with Crippen molar-refractivity contribution in [1.29, 1.82) is 0 Å². The first kappa shape index (κ1) is 17.6. The highest BCUT2D eigenvalue weighted by Crippen LogP contribution is 2.25. The molecule has 1 aromatic carbocycles. The van der Waals surface area contributed by atoms with Crippen LogP contribution >= 0.6 is 0 Å². The summed E-state index contributed by atoms with van der Waals surface area (Å²) in [6.07, 6.45) is 7.28. The van der Waals surface area contributed by atoms with E-state index >= 15 is 0 Å². The van der Waals surface area contributed by atoms with Gasteiger partial charge in [0.2, 0.25) is 5.91 Å². The van der Waals surface area contributed by atoms with Crippen LogP contribution in [0.25, 0.3) is 0 Å². The summed E-state index contributed by atoms with van der Waals surface area (Å²) in [6, 6.07) is 7.51. The van der Waals surface area contributed by atoms with Gasteiger partial charge in [-0.1, -0.05) is 18.9 Å². The molecule has 1 heterocycles. The Labute approximate surface area is 149 Å². The molecule has 3 amide bonds. The summed E-state index contributed by atoms with van der Waals surface area (Å²) < 4.78 is 0. The average molecular weight is 344 g/mol. The van der Waals surface area contributed by atoms with Crippen LogP contribution in [0.4, 0.5) is 16.2 Å². The molecule has 0 radical (unpaired) electrons. The number of hydrogen-bond acceptors (Lipinski definition) is 3. The van der Waals surface area contributed by atoms with Gasteiger partial charge >= 0.3 is 6.03 Å². The average Bonchev–Trinajstić information content (AvgIpc) is 2.63. The predicted octanol–water partition coefficient (Wildman–Crippen LogP) is 2.84. The van der Waals surface area contributed by atoms with E-state index in [4.69, 9.17) is 5.73 Å². The van der Waals surface area contributed by atoms with E-state index in [1.54, 1.807) is 0 Å². The summed E-state index contributed by atoms with van der Waals surface area (Å²) in [5.41, 5.74) is 7.39. The van der Waals surface area contributed by atoms with Crippen LogP contribution in [-0.2, 0) is 4.79 Å². The molecule has 2 aliphatic rings. The van der Waals surface area contributed by atoms with E-state index in [1.165, 1.54) is 19.3 Å². The third-order valence-corrected chi connectivity index (χ3v) is 5.27. The van der Waals surface area contributed by atoms with Crippen LogP contribution < -0.4 is 21.3 Å². The Balaban J connectivity index is 1.59. The van der Waals surface area contributed by atoms with Gasteiger partial charge in [-0.2, -0.15) is 0 Å². The lowest BCUT2D eigenvalue weighted by molar-refractivity contribution is -0.123. The summed E-state index contributed by atoms with van der Waals surface area (Å²) in [7, 11) is 0. The molecule has 1 aliphatic carbocycles. The molecule has 0 bridgehead atoms. The van der Waals surface area contributed by atoms with Crippen LogP contribution in [0.2, 0.25) is 0 Å². The second-order valence-corrected chi connectivity index (χ2v) is 7.10. The van der Waals surface area contributed by atoms with Gasteiger partial charge in [-0.05, 0) is 50.3 Å². The number of carbonyl (C=O) groups is 2. The van der Waals surface area contributed by atoms with Gasteiger partial charge in [0, 0.05) is 30.5 Å². The monoisotopic (exact) mass is 344 g/mol. The maximum atomic E-state index is 12.3. The number of piperidine rings is 1. The highest BCUT2D eigenvalue weighted by molar-refractivity contribution is 5.90. The Kier molecular flexibility index (Phi) is 5.79. The highest BCUT2D eigenvalue weighted by atomic mass is 16.2. The number of primary amides is 1. The first-order chi connectivity index (χ1) is 12.1. The summed E-state index contributed by atoms with van der Waals surface area (Å²) >= 11 is 0. The third-order valence-electron chi connectivity index (χ3n) is 5.27. The van der Waals surface area contributed by atoms with Crippen LogP contribution in [-0.4, -0.2) is 31.1 Å². The summed E-state index contributed by atoms with van der Waals surface area (Å²) in [5, 5.41) is 5.83. The molecule has 2 atom stereocenters. The molecule has 25 heavy (non-hydrogen) atoms. The minimum Gasteiger partial charge on any atom is -0.371 e. The van der Waals surface area contributed by atoms with Crippen molar-refractivity contribution in [3.63, 3.8) is 0 Å². The van der Waals surface area contributed by atoms with E-state index in [1.807, 2.05) is 18.2 Å². The zero-order valence-electron chi connectivity index (χ0n) is 14.7. The number of amides is 3. The quantitative estimate of drug-likeness (QED) is 0.785. The van der Waals surface area contributed by atoms with Gasteiger partial charge in [-0.25, -0.2) is 4.79 Å². The normalized spacial score (nSPS) is 23.8. The molecule has 0 spiro atoms. The van der Waals surface area contributed by atoms with Gasteiger partial charge in [-0.3, -0.25) is 4.79 Å². The number of nitrogens with zero attached hydrogens (tertiary/aromatic N) is 1. The zero-order valence-corrected chi connectivity index (χ0v) is 14.7. The number of benzene rings is 1. The molecule has 4 N–H and O–H groups in total. The topological polar surface area (TPSA) is 87.5 Å². The van der Waals surface area contributed by atoms with Gasteiger partial charge in [0.05, 0.1) is 5.92 Å². The van der Waals surface area contributed by atoms with Crippen LogP contribution in [0.1, 0.15) is 44.9 Å². The molecule has 0 unspecified atom stereocenters. The maximum Gasteiger partial charge on any atom is 0.319 e. The van der Waals surface area contributed by atoms with Crippen LogP contribution in [0.15, 0.2) is 24.3 Å². The number of carbonyl (C=O) groups excluding carboxylic acids is 2. The van der Waals surface area contributed by atoms with E-state index in [-0.39, 0.29) is 23.9 Å². The van der Waals surface area contributed by atoms with E-state index in [2.05, 4.69) is 21.6 Å². The molecular weight excluding hydrogens is 316 g/mol. The SMILES string of the molecule is NC(=O)[C@@H]1CCCC[C@@H]1NC(=O)Nc1cccc(N2CCCCC2)c1. The molecule has 3 rings (SSSR count). The molecular formula is C19H28N4O2. The standard InChI is InChI=1S/C19H28N4O2/c20-18(24)16-9-2-3-10-17(16)22-19(25)21-14-7-6-8-15(13-14)23-11-4-1-5-12-23/h6-8,13,16-17H,1-5,9-12H2,(H2,20,24)(H2,21,22,25)/t16-,17+/m1/s1. The molecule has 1 aromatic rings. The maximum absolute atomic E-state index is 12.3. The van der Waals surface area contributed by atoms with Crippen molar-refractivity contribution in [2.45, 2.75) is 51.0 Å². The first-order valence-electron chi connectivity index (χ1n) is 9.35. The van der Waals surface area contributed by atoms with Crippen LogP contribution in [0, 0.1) is 5.92 Å². The highest BCUT2D eigenvalue weighted by Gasteiger charge is 2.30. The molecule has 1 aliphatic heterocycles. The van der Waals surface area contributed by atoms with Gasteiger partial charge in [-0.15, -0.1) is 0 Å². The molecule has 6 heteroatoms. The van der Waals surface area contributed by atoms with Crippen molar-refractivity contribution in [1.82, 2.24) is 5.32 Å².